The number of hydrogen-bond acceptors (Lipinski definition) is 6. The molecule has 3 aromatic rings. The summed E-state index contributed by atoms with van der Waals surface area (Å²) in [5.74, 6) is 1.03. The number of aromatic amines is 1. The van der Waals surface area contributed by atoms with E-state index in [1.807, 2.05) is 12.3 Å². The van der Waals surface area contributed by atoms with Crippen molar-refractivity contribution in [3.63, 3.8) is 0 Å². The van der Waals surface area contributed by atoms with Gasteiger partial charge in [-0.2, -0.15) is 0 Å². The first-order chi connectivity index (χ1) is 11.8. The van der Waals surface area contributed by atoms with Gasteiger partial charge < -0.3 is 15.2 Å². The molecule has 1 saturated heterocycles. The van der Waals surface area contributed by atoms with Crippen LogP contribution in [0, 0.1) is 5.92 Å². The van der Waals surface area contributed by atoms with Crippen molar-refractivity contribution in [3.05, 3.63) is 18.6 Å². The highest BCUT2D eigenvalue weighted by molar-refractivity contribution is 6.07. The Bertz CT molecular complexity index is 932. The Morgan fingerprint density at radius 2 is 2.17 bits per heavy atom. The molecule has 122 valence electrons. The molecular formula is C16H17N7O. The number of fused-ring (bicyclic) bond motifs is 3. The van der Waals surface area contributed by atoms with Gasteiger partial charge in [0.25, 0.3) is 0 Å². The summed E-state index contributed by atoms with van der Waals surface area (Å²) < 4.78 is 0. The molecule has 2 fully saturated rings. The van der Waals surface area contributed by atoms with Gasteiger partial charge in [-0.3, -0.25) is 4.79 Å². The molecule has 0 aromatic carbocycles. The fraction of sp³-hybridized carbons (Fsp3) is 0.438. The first-order valence-corrected chi connectivity index (χ1v) is 8.29. The van der Waals surface area contributed by atoms with Gasteiger partial charge in [0.2, 0.25) is 5.91 Å². The van der Waals surface area contributed by atoms with Crippen LogP contribution < -0.4 is 10.2 Å². The van der Waals surface area contributed by atoms with Gasteiger partial charge in [0.05, 0.1) is 11.3 Å². The number of nitrogens with one attached hydrogen (secondary N) is 2. The molecule has 8 heteroatoms. The largest absolute Gasteiger partial charge is 0.355 e. The topological polar surface area (TPSA) is 99.7 Å². The number of carbonyl (C=O) groups excluding carboxylic acids is 1. The van der Waals surface area contributed by atoms with Gasteiger partial charge in [-0.1, -0.05) is 0 Å². The molecule has 0 bridgehead atoms. The minimum atomic E-state index is 0.0205. The Kier molecular flexibility index (Phi) is 2.91. The third-order valence-corrected chi connectivity index (χ3v) is 4.83. The van der Waals surface area contributed by atoms with Crippen molar-refractivity contribution in [2.24, 2.45) is 5.92 Å². The minimum Gasteiger partial charge on any atom is -0.355 e. The maximum absolute atomic E-state index is 12.3. The van der Waals surface area contributed by atoms with Crippen LogP contribution in [-0.2, 0) is 4.79 Å². The molecule has 3 aromatic heterocycles. The van der Waals surface area contributed by atoms with E-state index in [0.717, 1.165) is 48.0 Å². The molecular weight excluding hydrogens is 306 g/mol. The SMILES string of the molecule is O=C(NC1CC1)C1CCN(c2ncnc3nnc4[nH]ccc4c23)C1. The van der Waals surface area contributed by atoms with E-state index >= 15 is 0 Å². The Balaban J connectivity index is 1.50. The van der Waals surface area contributed by atoms with Crippen molar-refractivity contribution in [2.75, 3.05) is 18.0 Å². The summed E-state index contributed by atoms with van der Waals surface area (Å²) in [5.41, 5.74) is 1.30. The average Bonchev–Trinajstić information content (AvgIpc) is 3.12. The Morgan fingerprint density at radius 3 is 3.04 bits per heavy atom. The normalized spacial score (nSPS) is 20.8. The number of anilines is 1. The molecule has 1 aliphatic carbocycles. The molecule has 1 amide bonds. The van der Waals surface area contributed by atoms with Crippen molar-refractivity contribution in [2.45, 2.75) is 25.3 Å². The van der Waals surface area contributed by atoms with Crippen LogP contribution in [0.15, 0.2) is 18.6 Å². The highest BCUT2D eigenvalue weighted by Crippen LogP contribution is 2.31. The number of hydrogen-bond donors (Lipinski definition) is 2. The maximum atomic E-state index is 12.3. The van der Waals surface area contributed by atoms with E-state index in [1.165, 1.54) is 6.33 Å². The number of H-pyrrole nitrogens is 1. The van der Waals surface area contributed by atoms with Crippen molar-refractivity contribution >= 4 is 33.8 Å². The molecule has 0 spiro atoms. The Hall–Kier alpha value is -2.77. The van der Waals surface area contributed by atoms with E-state index in [9.17, 15) is 4.79 Å². The quantitative estimate of drug-likeness (QED) is 0.746. The smallest absolute Gasteiger partial charge is 0.225 e. The van der Waals surface area contributed by atoms with Gasteiger partial charge >= 0.3 is 0 Å². The second-order valence-corrected chi connectivity index (χ2v) is 6.55. The molecule has 1 unspecified atom stereocenters. The van der Waals surface area contributed by atoms with Crippen molar-refractivity contribution in [1.29, 1.82) is 0 Å². The summed E-state index contributed by atoms with van der Waals surface area (Å²) in [7, 11) is 0. The zero-order valence-corrected chi connectivity index (χ0v) is 13.1. The fourth-order valence-corrected chi connectivity index (χ4v) is 3.38. The maximum Gasteiger partial charge on any atom is 0.225 e. The van der Waals surface area contributed by atoms with Gasteiger partial charge in [-0.05, 0) is 25.3 Å². The van der Waals surface area contributed by atoms with Crippen molar-refractivity contribution in [1.82, 2.24) is 30.5 Å². The lowest BCUT2D eigenvalue weighted by atomic mass is 10.1. The van der Waals surface area contributed by atoms with Crippen LogP contribution in [0.5, 0.6) is 0 Å². The van der Waals surface area contributed by atoms with E-state index in [-0.39, 0.29) is 11.8 Å². The van der Waals surface area contributed by atoms with Gasteiger partial charge in [-0.25, -0.2) is 9.97 Å². The number of amides is 1. The van der Waals surface area contributed by atoms with Crippen LogP contribution in [-0.4, -0.2) is 50.2 Å². The minimum absolute atomic E-state index is 0.0205. The predicted octanol–water partition coefficient (Wildman–Crippen LogP) is 1.01. The summed E-state index contributed by atoms with van der Waals surface area (Å²) in [6, 6.07) is 2.37. The van der Waals surface area contributed by atoms with Crippen LogP contribution >= 0.6 is 0 Å². The zero-order chi connectivity index (χ0) is 16.1. The third-order valence-electron chi connectivity index (χ3n) is 4.83. The van der Waals surface area contributed by atoms with E-state index in [1.54, 1.807) is 0 Å². The summed E-state index contributed by atoms with van der Waals surface area (Å²) >= 11 is 0. The van der Waals surface area contributed by atoms with Crippen LogP contribution in [0.3, 0.4) is 0 Å². The highest BCUT2D eigenvalue weighted by atomic mass is 16.2. The van der Waals surface area contributed by atoms with E-state index < -0.39 is 0 Å². The fourth-order valence-electron chi connectivity index (χ4n) is 3.38. The molecule has 8 nitrogen and oxygen atoms in total. The molecule has 2 aliphatic rings. The molecule has 1 aliphatic heterocycles. The van der Waals surface area contributed by atoms with Crippen molar-refractivity contribution in [3.8, 4) is 0 Å². The summed E-state index contributed by atoms with van der Waals surface area (Å²) in [6.07, 6.45) is 6.43. The van der Waals surface area contributed by atoms with Gasteiger partial charge in [0.1, 0.15) is 12.1 Å². The van der Waals surface area contributed by atoms with Crippen LogP contribution in [0.2, 0.25) is 0 Å². The summed E-state index contributed by atoms with van der Waals surface area (Å²) in [4.78, 5) is 26.3. The third kappa shape index (κ3) is 2.17. The number of rotatable bonds is 3. The lowest BCUT2D eigenvalue weighted by molar-refractivity contribution is -0.124. The number of carbonyl (C=O) groups is 1. The first kappa shape index (κ1) is 13.6. The standard InChI is InChI=1S/C16H17N7O/c24-16(20-10-1-2-10)9-4-6-23(7-9)15-12-11-3-5-17-13(11)21-22-14(12)18-8-19-15/h3,5,8-10H,1-2,4,6-7H2,(H,17,21)(H,20,24). The van der Waals surface area contributed by atoms with Crippen LogP contribution in [0.25, 0.3) is 22.1 Å². The molecule has 24 heavy (non-hydrogen) atoms. The molecule has 1 atom stereocenters. The Morgan fingerprint density at radius 1 is 1.25 bits per heavy atom. The van der Waals surface area contributed by atoms with Crippen LogP contribution in [0.1, 0.15) is 19.3 Å². The zero-order valence-electron chi connectivity index (χ0n) is 13.1. The monoisotopic (exact) mass is 323 g/mol. The van der Waals surface area contributed by atoms with Gasteiger partial charge in [0, 0.05) is 30.7 Å². The van der Waals surface area contributed by atoms with E-state index in [0.29, 0.717) is 18.2 Å². The molecule has 5 rings (SSSR count). The highest BCUT2D eigenvalue weighted by Gasteiger charge is 2.33. The van der Waals surface area contributed by atoms with Crippen molar-refractivity contribution < 1.29 is 4.79 Å². The van der Waals surface area contributed by atoms with E-state index in [4.69, 9.17) is 0 Å². The summed E-state index contributed by atoms with van der Waals surface area (Å²) in [6.45, 7) is 1.49. The predicted molar refractivity (Wildman–Crippen MR) is 88.5 cm³/mol. The molecule has 1 saturated carbocycles. The summed E-state index contributed by atoms with van der Waals surface area (Å²) in [5, 5.41) is 13.3. The Labute approximate surface area is 137 Å². The first-order valence-electron chi connectivity index (χ1n) is 8.29. The van der Waals surface area contributed by atoms with Crippen LogP contribution in [0.4, 0.5) is 5.82 Å². The lowest BCUT2D eigenvalue weighted by Crippen LogP contribution is -2.34. The lowest BCUT2D eigenvalue weighted by Gasteiger charge is -2.19. The number of aromatic nitrogens is 5. The molecule has 4 heterocycles. The second kappa shape index (κ2) is 5.12. The molecule has 2 N–H and O–H groups in total. The number of nitrogens with zero attached hydrogens (tertiary/aromatic N) is 5. The van der Waals surface area contributed by atoms with Gasteiger partial charge in [-0.15, -0.1) is 10.2 Å². The van der Waals surface area contributed by atoms with Gasteiger partial charge in [0.15, 0.2) is 11.3 Å². The second-order valence-electron chi connectivity index (χ2n) is 6.55. The van der Waals surface area contributed by atoms with E-state index in [2.05, 4.69) is 35.4 Å². The molecule has 0 radical (unpaired) electrons. The average molecular weight is 323 g/mol.